The summed E-state index contributed by atoms with van der Waals surface area (Å²) in [7, 11) is 0. The number of hydrogen-bond acceptors (Lipinski definition) is 5. The lowest BCUT2D eigenvalue weighted by atomic mass is 10.2. The van der Waals surface area contributed by atoms with Gasteiger partial charge in [0, 0.05) is 6.61 Å². The first-order chi connectivity index (χ1) is 8.46. The lowest BCUT2D eigenvalue weighted by molar-refractivity contribution is -0.125. The average Bonchev–Trinajstić information content (AvgIpc) is 2.72. The fraction of sp³-hybridized carbons (Fsp3) is 0.800. The van der Waals surface area contributed by atoms with E-state index in [2.05, 4.69) is 15.5 Å². The second-order valence-electron chi connectivity index (χ2n) is 3.62. The molecule has 0 aliphatic heterocycles. The minimum absolute atomic E-state index is 0.116. The van der Waals surface area contributed by atoms with E-state index in [1.54, 1.807) is 0 Å². The summed E-state index contributed by atoms with van der Waals surface area (Å²) < 4.78 is 45.9. The highest BCUT2D eigenvalue weighted by Gasteiger charge is 2.26. The quantitative estimate of drug-likeness (QED) is 0.820. The molecular weight excluding hydrogens is 251 g/mol. The van der Waals surface area contributed by atoms with Crippen molar-refractivity contribution < 1.29 is 22.4 Å². The Hall–Kier alpha value is -1.15. The zero-order chi connectivity index (χ0) is 13.6. The fourth-order valence-electron chi connectivity index (χ4n) is 1.36. The molecule has 0 saturated heterocycles. The van der Waals surface area contributed by atoms with Gasteiger partial charge >= 0.3 is 6.18 Å². The van der Waals surface area contributed by atoms with E-state index in [1.165, 1.54) is 0 Å². The Labute approximate surface area is 103 Å². The predicted molar refractivity (Wildman–Crippen MR) is 56.7 cm³/mol. The minimum atomic E-state index is -4.25. The normalized spacial score (nSPS) is 13.8. The van der Waals surface area contributed by atoms with Gasteiger partial charge in [-0.2, -0.15) is 18.2 Å². The molecule has 0 saturated carbocycles. The molecule has 8 heteroatoms. The van der Waals surface area contributed by atoms with E-state index in [4.69, 9.17) is 9.26 Å². The van der Waals surface area contributed by atoms with Gasteiger partial charge in [0.25, 0.3) is 0 Å². The van der Waals surface area contributed by atoms with Gasteiger partial charge in [-0.25, -0.2) is 0 Å². The molecule has 0 aromatic carbocycles. The van der Waals surface area contributed by atoms with E-state index in [0.717, 1.165) is 0 Å². The summed E-state index contributed by atoms with van der Waals surface area (Å²) >= 11 is 0. The minimum Gasteiger partial charge on any atom is -0.370 e. The molecular formula is C10H16F3N3O2. The van der Waals surface area contributed by atoms with E-state index >= 15 is 0 Å². The molecule has 1 aromatic heterocycles. The molecule has 18 heavy (non-hydrogen) atoms. The van der Waals surface area contributed by atoms with Gasteiger partial charge in [-0.05, 0) is 13.3 Å². The van der Waals surface area contributed by atoms with Gasteiger partial charge in [-0.15, -0.1) is 0 Å². The first kappa shape index (κ1) is 14.9. The van der Waals surface area contributed by atoms with Crippen LogP contribution < -0.4 is 5.32 Å². The van der Waals surface area contributed by atoms with Crippen LogP contribution in [-0.2, 0) is 11.3 Å². The van der Waals surface area contributed by atoms with E-state index in [0.29, 0.717) is 18.9 Å². The Morgan fingerprint density at radius 2 is 2.11 bits per heavy atom. The molecule has 1 heterocycles. The van der Waals surface area contributed by atoms with Crippen LogP contribution in [0.3, 0.4) is 0 Å². The molecule has 0 radical (unpaired) electrons. The zero-order valence-corrected chi connectivity index (χ0v) is 10.3. The highest BCUT2D eigenvalue weighted by molar-refractivity contribution is 4.91. The number of ether oxygens (including phenoxy) is 1. The van der Waals surface area contributed by atoms with Crippen LogP contribution in [0.1, 0.15) is 38.1 Å². The smallest absolute Gasteiger partial charge is 0.370 e. The maximum absolute atomic E-state index is 11.9. The molecule has 0 spiro atoms. The zero-order valence-electron chi connectivity index (χ0n) is 10.3. The Morgan fingerprint density at radius 1 is 1.39 bits per heavy atom. The molecule has 0 amide bonds. The van der Waals surface area contributed by atoms with E-state index in [-0.39, 0.29) is 18.5 Å². The summed E-state index contributed by atoms with van der Waals surface area (Å²) in [6, 6.07) is 0. The molecule has 1 rings (SSSR count). The van der Waals surface area contributed by atoms with Gasteiger partial charge in [-0.1, -0.05) is 12.1 Å². The number of aromatic nitrogens is 2. The van der Waals surface area contributed by atoms with Gasteiger partial charge < -0.3 is 14.6 Å². The largest absolute Gasteiger partial charge is 0.401 e. The molecule has 5 nitrogen and oxygen atoms in total. The first-order valence-corrected chi connectivity index (χ1v) is 5.67. The fourth-order valence-corrected chi connectivity index (χ4v) is 1.36. The van der Waals surface area contributed by atoms with Crippen LogP contribution in [0.2, 0.25) is 0 Å². The molecule has 1 atom stereocenters. The SMILES string of the molecule is CCOC(CC)c1noc(CNCC(F)(F)F)n1. The van der Waals surface area contributed by atoms with Crippen molar-refractivity contribution >= 4 is 0 Å². The third-order valence-electron chi connectivity index (χ3n) is 2.11. The molecule has 0 aliphatic rings. The Morgan fingerprint density at radius 3 is 2.67 bits per heavy atom. The van der Waals surface area contributed by atoms with Crippen molar-refractivity contribution in [3.05, 3.63) is 11.7 Å². The number of nitrogens with one attached hydrogen (secondary N) is 1. The van der Waals surface area contributed by atoms with Crippen LogP contribution >= 0.6 is 0 Å². The van der Waals surface area contributed by atoms with Gasteiger partial charge in [0.15, 0.2) is 0 Å². The summed E-state index contributed by atoms with van der Waals surface area (Å²) in [6.45, 7) is 3.05. The highest BCUT2D eigenvalue weighted by atomic mass is 19.4. The van der Waals surface area contributed by atoms with Crippen molar-refractivity contribution in [2.75, 3.05) is 13.2 Å². The summed E-state index contributed by atoms with van der Waals surface area (Å²) in [6.07, 6.45) is -3.86. The number of alkyl halides is 3. The summed E-state index contributed by atoms with van der Waals surface area (Å²) in [4.78, 5) is 3.99. The second-order valence-corrected chi connectivity index (χ2v) is 3.62. The van der Waals surface area contributed by atoms with Crippen molar-refractivity contribution in [1.29, 1.82) is 0 Å². The third kappa shape index (κ3) is 5.01. The molecule has 1 N–H and O–H groups in total. The maximum atomic E-state index is 11.9. The highest BCUT2D eigenvalue weighted by Crippen LogP contribution is 2.17. The van der Waals surface area contributed by atoms with Crippen LogP contribution in [0, 0.1) is 0 Å². The van der Waals surface area contributed by atoms with Gasteiger partial charge in [0.2, 0.25) is 11.7 Å². The van der Waals surface area contributed by atoms with E-state index in [9.17, 15) is 13.2 Å². The number of rotatable bonds is 7. The van der Waals surface area contributed by atoms with Crippen molar-refractivity contribution in [2.24, 2.45) is 0 Å². The van der Waals surface area contributed by atoms with E-state index < -0.39 is 12.7 Å². The van der Waals surface area contributed by atoms with Crippen LogP contribution in [0.25, 0.3) is 0 Å². The lowest BCUT2D eigenvalue weighted by Gasteiger charge is -2.09. The summed E-state index contributed by atoms with van der Waals surface area (Å²) in [5, 5.41) is 5.87. The van der Waals surface area contributed by atoms with Crippen molar-refractivity contribution in [2.45, 2.75) is 39.1 Å². The lowest BCUT2D eigenvalue weighted by Crippen LogP contribution is -2.28. The standard InChI is InChI=1S/C10H16F3N3O2/c1-3-7(17-4-2)9-15-8(18-16-9)5-14-6-10(11,12)13/h7,14H,3-6H2,1-2H3. The molecule has 1 unspecified atom stereocenters. The third-order valence-corrected chi connectivity index (χ3v) is 2.11. The number of halogens is 3. The number of hydrogen-bond donors (Lipinski definition) is 1. The molecule has 0 bridgehead atoms. The van der Waals surface area contributed by atoms with Crippen LogP contribution in [0.15, 0.2) is 4.52 Å². The average molecular weight is 267 g/mol. The molecule has 1 aromatic rings. The monoisotopic (exact) mass is 267 g/mol. The topological polar surface area (TPSA) is 60.2 Å². The van der Waals surface area contributed by atoms with Gasteiger partial charge in [-0.3, -0.25) is 0 Å². The summed E-state index contributed by atoms with van der Waals surface area (Å²) in [5.74, 6) is 0.482. The Bertz CT molecular complexity index is 354. The molecule has 104 valence electrons. The van der Waals surface area contributed by atoms with Crippen LogP contribution in [0.5, 0.6) is 0 Å². The maximum Gasteiger partial charge on any atom is 0.401 e. The number of nitrogens with zero attached hydrogens (tertiary/aromatic N) is 2. The van der Waals surface area contributed by atoms with Crippen molar-refractivity contribution in [3.63, 3.8) is 0 Å². The van der Waals surface area contributed by atoms with E-state index in [1.807, 2.05) is 13.8 Å². The molecule has 0 aliphatic carbocycles. The second kappa shape index (κ2) is 6.69. The van der Waals surface area contributed by atoms with Crippen LogP contribution in [0.4, 0.5) is 13.2 Å². The first-order valence-electron chi connectivity index (χ1n) is 5.67. The summed E-state index contributed by atoms with van der Waals surface area (Å²) in [5.41, 5.74) is 0. The predicted octanol–water partition coefficient (Wildman–Crippen LogP) is 2.21. The molecule has 0 fully saturated rings. The van der Waals surface area contributed by atoms with Crippen molar-refractivity contribution in [3.8, 4) is 0 Å². The van der Waals surface area contributed by atoms with Gasteiger partial charge in [0.1, 0.15) is 6.10 Å². The van der Waals surface area contributed by atoms with Crippen LogP contribution in [-0.4, -0.2) is 29.5 Å². The van der Waals surface area contributed by atoms with Gasteiger partial charge in [0.05, 0.1) is 13.1 Å². The Balaban J connectivity index is 2.47. The Kier molecular flexibility index (Phi) is 5.54. The van der Waals surface area contributed by atoms with Crippen molar-refractivity contribution in [1.82, 2.24) is 15.5 Å².